The average molecular weight is 252 g/mol. The maximum absolute atomic E-state index is 11.2. The molecular formula is C12H16N2O2S. The SMILES string of the molecule is CC1CN(c2cnccc2C(=O)O)CC(C)S1. The number of aromatic carboxylic acids is 1. The second kappa shape index (κ2) is 4.96. The molecule has 0 saturated carbocycles. The fourth-order valence-electron chi connectivity index (χ4n) is 2.19. The lowest BCUT2D eigenvalue weighted by Gasteiger charge is -2.36. The number of carboxylic acids is 1. The van der Waals surface area contributed by atoms with E-state index in [1.54, 1.807) is 12.3 Å². The third-order valence-electron chi connectivity index (χ3n) is 2.79. The van der Waals surface area contributed by atoms with Gasteiger partial charge >= 0.3 is 5.97 Å². The minimum Gasteiger partial charge on any atom is -0.478 e. The summed E-state index contributed by atoms with van der Waals surface area (Å²) in [6.07, 6.45) is 3.18. The zero-order valence-corrected chi connectivity index (χ0v) is 10.8. The van der Waals surface area contributed by atoms with Crippen LogP contribution in [-0.2, 0) is 0 Å². The quantitative estimate of drug-likeness (QED) is 0.873. The van der Waals surface area contributed by atoms with Crippen molar-refractivity contribution in [2.45, 2.75) is 24.3 Å². The van der Waals surface area contributed by atoms with Gasteiger partial charge in [0.05, 0.1) is 17.4 Å². The molecule has 2 rings (SSSR count). The van der Waals surface area contributed by atoms with E-state index in [0.717, 1.165) is 18.8 Å². The summed E-state index contributed by atoms with van der Waals surface area (Å²) in [4.78, 5) is 17.3. The molecule has 5 heteroatoms. The highest BCUT2D eigenvalue weighted by molar-refractivity contribution is 8.00. The average Bonchev–Trinajstić information content (AvgIpc) is 2.27. The number of carbonyl (C=O) groups is 1. The molecule has 0 bridgehead atoms. The van der Waals surface area contributed by atoms with Crippen molar-refractivity contribution < 1.29 is 9.90 Å². The molecule has 0 amide bonds. The first kappa shape index (κ1) is 12.2. The Morgan fingerprint density at radius 1 is 1.47 bits per heavy atom. The second-order valence-electron chi connectivity index (χ2n) is 4.36. The van der Waals surface area contributed by atoms with Crippen molar-refractivity contribution in [3.05, 3.63) is 24.0 Å². The smallest absolute Gasteiger partial charge is 0.337 e. The van der Waals surface area contributed by atoms with Crippen molar-refractivity contribution in [2.24, 2.45) is 0 Å². The van der Waals surface area contributed by atoms with E-state index in [4.69, 9.17) is 5.11 Å². The third kappa shape index (κ3) is 2.72. The van der Waals surface area contributed by atoms with Crippen LogP contribution in [0, 0.1) is 0 Å². The molecule has 92 valence electrons. The Bertz CT molecular complexity index is 415. The zero-order valence-electron chi connectivity index (χ0n) is 9.96. The van der Waals surface area contributed by atoms with E-state index in [2.05, 4.69) is 23.7 Å². The number of anilines is 1. The van der Waals surface area contributed by atoms with Gasteiger partial charge in [0.15, 0.2) is 0 Å². The van der Waals surface area contributed by atoms with E-state index >= 15 is 0 Å². The summed E-state index contributed by atoms with van der Waals surface area (Å²) in [5, 5.41) is 10.2. The summed E-state index contributed by atoms with van der Waals surface area (Å²) < 4.78 is 0. The van der Waals surface area contributed by atoms with E-state index in [1.165, 1.54) is 6.20 Å². The van der Waals surface area contributed by atoms with Gasteiger partial charge in [-0.15, -0.1) is 0 Å². The topological polar surface area (TPSA) is 53.4 Å². The van der Waals surface area contributed by atoms with Crippen molar-refractivity contribution >= 4 is 23.4 Å². The molecule has 1 N–H and O–H groups in total. The van der Waals surface area contributed by atoms with Crippen molar-refractivity contribution in [1.82, 2.24) is 4.98 Å². The summed E-state index contributed by atoms with van der Waals surface area (Å²) >= 11 is 1.94. The van der Waals surface area contributed by atoms with Crippen LogP contribution in [0.4, 0.5) is 5.69 Å². The number of aromatic nitrogens is 1. The molecule has 17 heavy (non-hydrogen) atoms. The summed E-state index contributed by atoms with van der Waals surface area (Å²) in [7, 11) is 0. The molecule has 1 aliphatic heterocycles. The standard InChI is InChI=1S/C12H16N2O2S/c1-8-6-14(7-9(2)17-8)11-5-13-4-3-10(11)12(15)16/h3-5,8-9H,6-7H2,1-2H3,(H,15,16). The largest absolute Gasteiger partial charge is 0.478 e. The second-order valence-corrected chi connectivity index (χ2v) is 6.24. The van der Waals surface area contributed by atoms with Crippen LogP contribution in [0.1, 0.15) is 24.2 Å². The predicted octanol–water partition coefficient (Wildman–Crippen LogP) is 2.11. The monoisotopic (exact) mass is 252 g/mol. The van der Waals surface area contributed by atoms with Crippen molar-refractivity contribution in [2.75, 3.05) is 18.0 Å². The van der Waals surface area contributed by atoms with Gasteiger partial charge in [-0.1, -0.05) is 13.8 Å². The normalized spacial score (nSPS) is 24.7. The molecule has 2 unspecified atom stereocenters. The number of pyridine rings is 1. The molecule has 1 aliphatic rings. The summed E-state index contributed by atoms with van der Waals surface area (Å²) in [6, 6.07) is 1.56. The molecule has 1 fully saturated rings. The number of nitrogens with zero attached hydrogens (tertiary/aromatic N) is 2. The molecule has 1 aromatic heterocycles. The number of hydrogen-bond donors (Lipinski definition) is 1. The van der Waals surface area contributed by atoms with Crippen molar-refractivity contribution in [3.63, 3.8) is 0 Å². The minimum atomic E-state index is -0.888. The summed E-state index contributed by atoms with van der Waals surface area (Å²) in [5.41, 5.74) is 1.07. The summed E-state index contributed by atoms with van der Waals surface area (Å²) in [5.74, 6) is -0.888. The Balaban J connectivity index is 2.30. The first-order chi connectivity index (χ1) is 8.08. The first-order valence-corrected chi connectivity index (χ1v) is 6.60. The van der Waals surface area contributed by atoms with Gasteiger partial charge in [-0.25, -0.2) is 4.79 Å². The Morgan fingerprint density at radius 2 is 2.12 bits per heavy atom. The molecular weight excluding hydrogens is 236 g/mol. The van der Waals surface area contributed by atoms with Crippen LogP contribution in [0.5, 0.6) is 0 Å². The van der Waals surface area contributed by atoms with Crippen LogP contribution >= 0.6 is 11.8 Å². The van der Waals surface area contributed by atoms with Crippen LogP contribution in [-0.4, -0.2) is 39.6 Å². The Morgan fingerprint density at radius 3 is 2.71 bits per heavy atom. The van der Waals surface area contributed by atoms with Gasteiger partial charge in [0, 0.05) is 29.8 Å². The highest BCUT2D eigenvalue weighted by Crippen LogP contribution is 2.29. The molecule has 0 radical (unpaired) electrons. The van der Waals surface area contributed by atoms with Crippen molar-refractivity contribution in [3.8, 4) is 0 Å². The lowest BCUT2D eigenvalue weighted by Crippen LogP contribution is -2.41. The molecule has 0 aliphatic carbocycles. The van der Waals surface area contributed by atoms with E-state index in [9.17, 15) is 4.79 Å². The molecule has 2 atom stereocenters. The van der Waals surface area contributed by atoms with Crippen molar-refractivity contribution in [1.29, 1.82) is 0 Å². The maximum Gasteiger partial charge on any atom is 0.337 e. The lowest BCUT2D eigenvalue weighted by molar-refractivity contribution is 0.0697. The Kier molecular flexibility index (Phi) is 3.57. The maximum atomic E-state index is 11.2. The van der Waals surface area contributed by atoms with Crippen LogP contribution in [0.25, 0.3) is 0 Å². The fraction of sp³-hybridized carbons (Fsp3) is 0.500. The van der Waals surface area contributed by atoms with Gasteiger partial charge < -0.3 is 10.0 Å². The highest BCUT2D eigenvalue weighted by atomic mass is 32.2. The van der Waals surface area contributed by atoms with E-state index < -0.39 is 5.97 Å². The van der Waals surface area contributed by atoms with E-state index in [1.807, 2.05) is 11.8 Å². The van der Waals surface area contributed by atoms with Gasteiger partial charge in [0.25, 0.3) is 0 Å². The van der Waals surface area contributed by atoms with Gasteiger partial charge in [0.2, 0.25) is 0 Å². The van der Waals surface area contributed by atoms with Crippen LogP contribution in [0.15, 0.2) is 18.5 Å². The Hall–Kier alpha value is -1.23. The number of carboxylic acid groups (broad SMARTS) is 1. The molecule has 4 nitrogen and oxygen atoms in total. The van der Waals surface area contributed by atoms with Crippen LogP contribution in [0.2, 0.25) is 0 Å². The van der Waals surface area contributed by atoms with Gasteiger partial charge in [-0.05, 0) is 6.07 Å². The zero-order chi connectivity index (χ0) is 12.4. The molecule has 2 heterocycles. The van der Waals surface area contributed by atoms with Gasteiger partial charge in [-0.3, -0.25) is 4.98 Å². The van der Waals surface area contributed by atoms with Crippen LogP contribution in [0.3, 0.4) is 0 Å². The lowest BCUT2D eigenvalue weighted by atomic mass is 10.2. The third-order valence-corrected chi connectivity index (χ3v) is 4.02. The molecule has 0 spiro atoms. The number of rotatable bonds is 2. The highest BCUT2D eigenvalue weighted by Gasteiger charge is 2.25. The molecule has 1 aromatic rings. The van der Waals surface area contributed by atoms with Gasteiger partial charge in [0.1, 0.15) is 0 Å². The molecule has 1 saturated heterocycles. The summed E-state index contributed by atoms with van der Waals surface area (Å²) in [6.45, 7) is 6.09. The van der Waals surface area contributed by atoms with Gasteiger partial charge in [-0.2, -0.15) is 11.8 Å². The number of thioether (sulfide) groups is 1. The van der Waals surface area contributed by atoms with E-state index in [-0.39, 0.29) is 0 Å². The van der Waals surface area contributed by atoms with Crippen LogP contribution < -0.4 is 4.90 Å². The first-order valence-electron chi connectivity index (χ1n) is 5.65. The Labute approximate surface area is 105 Å². The minimum absolute atomic E-state index is 0.339. The fourth-order valence-corrected chi connectivity index (χ4v) is 3.52. The number of hydrogen-bond acceptors (Lipinski definition) is 4. The molecule has 0 aromatic carbocycles. The van der Waals surface area contributed by atoms with E-state index in [0.29, 0.717) is 16.1 Å². The predicted molar refractivity (Wildman–Crippen MR) is 69.9 cm³/mol.